The van der Waals surface area contributed by atoms with Gasteiger partial charge in [0.1, 0.15) is 0 Å². The highest BCUT2D eigenvalue weighted by Gasteiger charge is 2.17. The van der Waals surface area contributed by atoms with E-state index in [1.54, 1.807) is 25.3 Å². The fourth-order valence-electron chi connectivity index (χ4n) is 1.91. The Morgan fingerprint density at radius 3 is 2.73 bits per heavy atom. The van der Waals surface area contributed by atoms with Gasteiger partial charge in [0.15, 0.2) is 6.23 Å². The van der Waals surface area contributed by atoms with Gasteiger partial charge in [-0.1, -0.05) is 12.0 Å². The van der Waals surface area contributed by atoms with Gasteiger partial charge in [-0.3, -0.25) is 4.79 Å². The summed E-state index contributed by atoms with van der Waals surface area (Å²) in [6.45, 7) is 1.99. The number of rotatable bonds is 10. The molecule has 1 aromatic rings. The predicted molar refractivity (Wildman–Crippen MR) is 84.6 cm³/mol. The molecule has 0 saturated heterocycles. The zero-order chi connectivity index (χ0) is 16.4. The van der Waals surface area contributed by atoms with Crippen LogP contribution in [-0.2, 0) is 14.2 Å². The van der Waals surface area contributed by atoms with E-state index in [9.17, 15) is 4.79 Å². The summed E-state index contributed by atoms with van der Waals surface area (Å²) in [5.41, 5.74) is 6.47. The summed E-state index contributed by atoms with van der Waals surface area (Å²) in [5.74, 6) is 2.07. The molecular formula is C16H22N2O4. The number of methoxy groups -OCH3 is 2. The first-order valence-electron chi connectivity index (χ1n) is 6.86. The number of nitrogens with zero attached hydrogens (tertiary/aromatic N) is 1. The number of terminal acetylenes is 1. The Bertz CT molecular complexity index is 513. The van der Waals surface area contributed by atoms with Gasteiger partial charge in [0.05, 0.1) is 19.8 Å². The van der Waals surface area contributed by atoms with Gasteiger partial charge < -0.3 is 24.8 Å². The van der Waals surface area contributed by atoms with Gasteiger partial charge in [-0.2, -0.15) is 0 Å². The van der Waals surface area contributed by atoms with Gasteiger partial charge >= 0.3 is 0 Å². The Kier molecular flexibility index (Phi) is 8.00. The molecule has 22 heavy (non-hydrogen) atoms. The number of ether oxygens (including phenoxy) is 3. The maximum absolute atomic E-state index is 11.3. The van der Waals surface area contributed by atoms with E-state index in [-0.39, 0.29) is 0 Å². The van der Waals surface area contributed by atoms with Crippen molar-refractivity contribution >= 4 is 11.6 Å². The number of hydrogen-bond donors (Lipinski definition) is 1. The standard InChI is InChI=1S/C16H22N2O4/c1-4-15(21-3)18(8-9-22-11-10-20-2)14-7-5-6-13(12-14)16(17)19/h1,5-7,12,15H,8-11H2,2-3H3,(H2,17,19). The van der Waals surface area contributed by atoms with E-state index in [1.165, 1.54) is 7.11 Å². The van der Waals surface area contributed by atoms with Crippen LogP contribution in [0.4, 0.5) is 5.69 Å². The number of nitrogens with two attached hydrogens (primary N) is 1. The summed E-state index contributed by atoms with van der Waals surface area (Å²) in [6, 6.07) is 6.92. The SMILES string of the molecule is C#CC(OC)N(CCOCCOC)c1cccc(C(N)=O)c1. The van der Waals surface area contributed by atoms with Crippen LogP contribution in [0.3, 0.4) is 0 Å². The minimum Gasteiger partial charge on any atom is -0.382 e. The molecule has 6 heteroatoms. The maximum atomic E-state index is 11.3. The smallest absolute Gasteiger partial charge is 0.248 e. The van der Waals surface area contributed by atoms with Crippen LogP contribution < -0.4 is 10.6 Å². The van der Waals surface area contributed by atoms with Crippen LogP contribution in [0.5, 0.6) is 0 Å². The van der Waals surface area contributed by atoms with Gasteiger partial charge in [-0.15, -0.1) is 6.42 Å². The number of primary amides is 1. The van der Waals surface area contributed by atoms with Gasteiger partial charge in [-0.25, -0.2) is 0 Å². The average Bonchev–Trinajstić information content (AvgIpc) is 2.54. The Labute approximate surface area is 131 Å². The lowest BCUT2D eigenvalue weighted by Crippen LogP contribution is -2.38. The lowest BCUT2D eigenvalue weighted by atomic mass is 10.1. The van der Waals surface area contributed by atoms with Crippen molar-refractivity contribution in [2.45, 2.75) is 6.23 Å². The lowest BCUT2D eigenvalue weighted by molar-refractivity contribution is 0.0684. The molecule has 0 aliphatic carbocycles. The fraction of sp³-hybridized carbons (Fsp3) is 0.438. The average molecular weight is 306 g/mol. The molecular weight excluding hydrogens is 284 g/mol. The summed E-state index contributed by atoms with van der Waals surface area (Å²) in [6.07, 6.45) is 4.94. The highest BCUT2D eigenvalue weighted by atomic mass is 16.5. The largest absolute Gasteiger partial charge is 0.382 e. The van der Waals surface area contributed by atoms with Crippen molar-refractivity contribution in [1.82, 2.24) is 0 Å². The van der Waals surface area contributed by atoms with Gasteiger partial charge in [0, 0.05) is 32.0 Å². The number of carbonyl (C=O) groups is 1. The van der Waals surface area contributed by atoms with Crippen molar-refractivity contribution in [3.63, 3.8) is 0 Å². The van der Waals surface area contributed by atoms with Crippen LogP contribution in [0.2, 0.25) is 0 Å². The first-order chi connectivity index (χ1) is 10.6. The van der Waals surface area contributed by atoms with E-state index < -0.39 is 12.1 Å². The summed E-state index contributed by atoms with van der Waals surface area (Å²) < 4.78 is 15.7. The number of hydrogen-bond acceptors (Lipinski definition) is 5. The molecule has 120 valence electrons. The second-order valence-corrected chi connectivity index (χ2v) is 4.47. The molecule has 1 rings (SSSR count). The minimum absolute atomic E-state index is 0.412. The van der Waals surface area contributed by atoms with E-state index in [4.69, 9.17) is 26.4 Å². The number of amides is 1. The molecule has 2 N–H and O–H groups in total. The van der Waals surface area contributed by atoms with Crippen LogP contribution in [0.25, 0.3) is 0 Å². The lowest BCUT2D eigenvalue weighted by Gasteiger charge is -2.29. The monoisotopic (exact) mass is 306 g/mol. The van der Waals surface area contributed by atoms with E-state index in [0.717, 1.165) is 5.69 Å². The normalized spacial score (nSPS) is 11.7. The molecule has 6 nitrogen and oxygen atoms in total. The molecule has 1 unspecified atom stereocenters. The third kappa shape index (κ3) is 5.37. The van der Waals surface area contributed by atoms with Crippen molar-refractivity contribution in [2.24, 2.45) is 5.73 Å². The summed E-state index contributed by atoms with van der Waals surface area (Å²) in [7, 11) is 3.14. The Morgan fingerprint density at radius 1 is 1.36 bits per heavy atom. The van der Waals surface area contributed by atoms with Crippen LogP contribution in [0.1, 0.15) is 10.4 Å². The van der Waals surface area contributed by atoms with Crippen LogP contribution in [-0.4, -0.2) is 52.7 Å². The molecule has 0 aliphatic heterocycles. The third-order valence-electron chi connectivity index (χ3n) is 3.02. The molecule has 0 spiro atoms. The molecule has 0 saturated carbocycles. The van der Waals surface area contributed by atoms with Crippen LogP contribution in [0, 0.1) is 12.3 Å². The summed E-state index contributed by atoms with van der Waals surface area (Å²) in [4.78, 5) is 13.1. The molecule has 0 heterocycles. The molecule has 0 aromatic heterocycles. The Balaban J connectivity index is 2.83. The first-order valence-corrected chi connectivity index (χ1v) is 6.86. The highest BCUT2D eigenvalue weighted by Crippen LogP contribution is 2.19. The topological polar surface area (TPSA) is 74.0 Å². The highest BCUT2D eigenvalue weighted by molar-refractivity contribution is 5.93. The second-order valence-electron chi connectivity index (χ2n) is 4.47. The van der Waals surface area contributed by atoms with Crippen molar-refractivity contribution in [1.29, 1.82) is 0 Å². The number of benzene rings is 1. The van der Waals surface area contributed by atoms with E-state index in [1.807, 2.05) is 11.0 Å². The van der Waals surface area contributed by atoms with E-state index >= 15 is 0 Å². The number of anilines is 1. The van der Waals surface area contributed by atoms with Gasteiger partial charge in [-0.05, 0) is 18.2 Å². The predicted octanol–water partition coefficient (Wildman–Crippen LogP) is 0.861. The molecule has 0 fully saturated rings. The van der Waals surface area contributed by atoms with Crippen LogP contribution >= 0.6 is 0 Å². The fourth-order valence-corrected chi connectivity index (χ4v) is 1.91. The van der Waals surface area contributed by atoms with Gasteiger partial charge in [0.2, 0.25) is 5.91 Å². The Morgan fingerprint density at radius 2 is 2.14 bits per heavy atom. The maximum Gasteiger partial charge on any atom is 0.248 e. The molecule has 0 aliphatic rings. The Hall–Kier alpha value is -2.07. The first kappa shape index (κ1) is 18.0. The minimum atomic E-state index is -0.561. The number of carbonyl (C=O) groups excluding carboxylic acids is 1. The summed E-state index contributed by atoms with van der Waals surface area (Å²) >= 11 is 0. The van der Waals surface area contributed by atoms with E-state index in [2.05, 4.69) is 5.92 Å². The third-order valence-corrected chi connectivity index (χ3v) is 3.02. The molecule has 0 radical (unpaired) electrons. The van der Waals surface area contributed by atoms with Crippen molar-refractivity contribution in [3.8, 4) is 12.3 Å². The molecule has 1 aromatic carbocycles. The zero-order valence-corrected chi connectivity index (χ0v) is 13.0. The van der Waals surface area contributed by atoms with E-state index in [0.29, 0.717) is 31.9 Å². The zero-order valence-electron chi connectivity index (χ0n) is 13.0. The van der Waals surface area contributed by atoms with Crippen molar-refractivity contribution in [2.75, 3.05) is 45.5 Å². The molecule has 1 atom stereocenters. The van der Waals surface area contributed by atoms with Crippen molar-refractivity contribution < 1.29 is 19.0 Å². The van der Waals surface area contributed by atoms with Crippen LogP contribution in [0.15, 0.2) is 24.3 Å². The molecule has 1 amide bonds. The quantitative estimate of drug-likeness (QED) is 0.394. The van der Waals surface area contributed by atoms with Crippen molar-refractivity contribution in [3.05, 3.63) is 29.8 Å². The second kappa shape index (κ2) is 9.79. The molecule has 0 bridgehead atoms. The van der Waals surface area contributed by atoms with Gasteiger partial charge in [0.25, 0.3) is 0 Å². The summed E-state index contributed by atoms with van der Waals surface area (Å²) in [5, 5.41) is 0.